The number of carbonyl (C=O) groups excluding carboxylic acids is 2. The van der Waals surface area contributed by atoms with Crippen LogP contribution in [0.1, 0.15) is 48.8 Å². The maximum atomic E-state index is 13.6. The molecule has 0 N–H and O–H groups in total. The molecule has 1 aromatic heterocycles. The first-order valence-electron chi connectivity index (χ1n) is 11.7. The van der Waals surface area contributed by atoms with Crippen LogP contribution in [0, 0.1) is 11.7 Å². The first-order valence-corrected chi connectivity index (χ1v) is 11.7. The molecule has 2 saturated heterocycles. The second-order valence-corrected chi connectivity index (χ2v) is 9.51. The number of Topliss-reactive ketones (excluding diaryl/α,β-unsaturated/α-hetero) is 1. The highest BCUT2D eigenvalue weighted by Crippen LogP contribution is 2.37. The molecule has 0 spiro atoms. The third-order valence-electron chi connectivity index (χ3n) is 7.31. The highest BCUT2D eigenvalue weighted by molar-refractivity contribution is 5.93. The maximum absolute atomic E-state index is 13.6. The number of hydrogen-bond donors (Lipinski definition) is 0. The van der Waals surface area contributed by atoms with Gasteiger partial charge in [0, 0.05) is 13.0 Å². The minimum Gasteiger partial charge on any atom is -0.365 e. The molecular formula is C27H28FN3O3. The lowest BCUT2D eigenvalue weighted by Gasteiger charge is -2.48. The minimum absolute atomic E-state index is 0.0937. The number of imidazole rings is 1. The van der Waals surface area contributed by atoms with Crippen LogP contribution in [0.2, 0.25) is 0 Å². The summed E-state index contributed by atoms with van der Waals surface area (Å²) in [5.74, 6) is -0.0949. The fraction of sp³-hybridized carbons (Fsp3) is 0.370. The molecule has 6 nitrogen and oxygen atoms in total. The molecule has 2 aliphatic heterocycles. The molecule has 3 atom stereocenters. The third kappa shape index (κ3) is 4.05. The number of piperidine rings is 1. The number of hydrogen-bond acceptors (Lipinski definition) is 4. The van der Waals surface area contributed by atoms with Crippen molar-refractivity contribution in [3.8, 4) is 11.1 Å². The van der Waals surface area contributed by atoms with Crippen LogP contribution in [-0.2, 0) is 9.53 Å². The summed E-state index contributed by atoms with van der Waals surface area (Å²) in [6, 6.07) is 14.2. The predicted molar refractivity (Wildman–Crippen MR) is 126 cm³/mol. The van der Waals surface area contributed by atoms with Gasteiger partial charge in [-0.3, -0.25) is 9.59 Å². The van der Waals surface area contributed by atoms with Gasteiger partial charge in [-0.2, -0.15) is 0 Å². The van der Waals surface area contributed by atoms with E-state index in [0.717, 1.165) is 23.1 Å². The largest absolute Gasteiger partial charge is 0.365 e. The Labute approximate surface area is 198 Å². The Morgan fingerprint density at radius 1 is 1.21 bits per heavy atom. The number of ketones is 1. The smallest absolute Gasteiger partial charge is 0.272 e. The van der Waals surface area contributed by atoms with Gasteiger partial charge in [-0.15, -0.1) is 0 Å². The van der Waals surface area contributed by atoms with E-state index in [9.17, 15) is 14.0 Å². The SMILES string of the molecule is C[C@@H](c1ccccc1-c1ccc(F)cc1)n1cncc1C(=O)N1CCC2CC(=O)COC2(C)C1. The Kier molecular flexibility index (Phi) is 5.81. The number of aromatic nitrogens is 2. The number of fused-ring (bicyclic) bond motifs is 1. The number of benzene rings is 2. The van der Waals surface area contributed by atoms with Gasteiger partial charge in [0.1, 0.15) is 18.1 Å². The summed E-state index contributed by atoms with van der Waals surface area (Å²) in [6.07, 6.45) is 4.56. The van der Waals surface area contributed by atoms with E-state index >= 15 is 0 Å². The summed E-state index contributed by atoms with van der Waals surface area (Å²) in [5.41, 5.74) is 2.91. The number of likely N-dealkylation sites (tertiary alicyclic amines) is 1. The van der Waals surface area contributed by atoms with Crippen molar-refractivity contribution in [2.24, 2.45) is 5.92 Å². The van der Waals surface area contributed by atoms with E-state index in [-0.39, 0.29) is 36.1 Å². The van der Waals surface area contributed by atoms with E-state index in [1.807, 2.05) is 47.6 Å². The lowest BCUT2D eigenvalue weighted by Crippen LogP contribution is -2.58. The van der Waals surface area contributed by atoms with Gasteiger partial charge in [0.2, 0.25) is 0 Å². The molecule has 2 aromatic carbocycles. The van der Waals surface area contributed by atoms with Gasteiger partial charge < -0.3 is 14.2 Å². The Morgan fingerprint density at radius 2 is 1.97 bits per heavy atom. The van der Waals surface area contributed by atoms with Crippen LogP contribution in [-0.4, -0.2) is 51.4 Å². The molecule has 7 heteroatoms. The van der Waals surface area contributed by atoms with Crippen LogP contribution < -0.4 is 0 Å². The average molecular weight is 462 g/mol. The molecule has 0 saturated carbocycles. The number of ether oxygens (including phenoxy) is 1. The van der Waals surface area contributed by atoms with E-state index in [4.69, 9.17) is 4.74 Å². The Morgan fingerprint density at radius 3 is 2.76 bits per heavy atom. The quantitative estimate of drug-likeness (QED) is 0.574. The number of amides is 1. The standard InChI is InChI=1S/C27H28FN3O3/c1-18(23-5-3-4-6-24(23)19-7-9-21(28)10-8-19)31-17-29-14-25(31)26(33)30-12-11-20-13-22(32)15-34-27(20,2)16-30/h3-10,14,17-18,20H,11-13,15-16H2,1-2H3/t18-,20?,27?/m0/s1. The van der Waals surface area contributed by atoms with Crippen molar-refractivity contribution in [2.45, 2.75) is 38.3 Å². The van der Waals surface area contributed by atoms with Crippen molar-refractivity contribution in [1.82, 2.24) is 14.5 Å². The Hall–Kier alpha value is -3.32. The minimum atomic E-state index is -0.506. The fourth-order valence-corrected chi connectivity index (χ4v) is 5.28. The highest BCUT2D eigenvalue weighted by atomic mass is 19.1. The van der Waals surface area contributed by atoms with Crippen LogP contribution >= 0.6 is 0 Å². The van der Waals surface area contributed by atoms with Gasteiger partial charge in [0.25, 0.3) is 5.91 Å². The highest BCUT2D eigenvalue weighted by Gasteiger charge is 2.46. The molecule has 34 heavy (non-hydrogen) atoms. The van der Waals surface area contributed by atoms with Crippen molar-refractivity contribution in [3.63, 3.8) is 0 Å². The summed E-state index contributed by atoms with van der Waals surface area (Å²) in [7, 11) is 0. The van der Waals surface area contributed by atoms with Crippen molar-refractivity contribution >= 4 is 11.7 Å². The van der Waals surface area contributed by atoms with E-state index < -0.39 is 5.60 Å². The van der Waals surface area contributed by atoms with Crippen LogP contribution in [0.5, 0.6) is 0 Å². The van der Waals surface area contributed by atoms with Crippen LogP contribution in [0.25, 0.3) is 11.1 Å². The van der Waals surface area contributed by atoms with Gasteiger partial charge in [-0.25, -0.2) is 9.37 Å². The summed E-state index contributed by atoms with van der Waals surface area (Å²) in [4.78, 5) is 31.5. The van der Waals surface area contributed by atoms with Gasteiger partial charge in [-0.1, -0.05) is 36.4 Å². The van der Waals surface area contributed by atoms with Gasteiger partial charge in [-0.05, 0) is 55.0 Å². The molecule has 3 aromatic rings. The van der Waals surface area contributed by atoms with Crippen LogP contribution in [0.15, 0.2) is 61.1 Å². The third-order valence-corrected chi connectivity index (χ3v) is 7.31. The van der Waals surface area contributed by atoms with E-state index in [2.05, 4.69) is 4.98 Å². The Balaban J connectivity index is 1.42. The summed E-state index contributed by atoms with van der Waals surface area (Å²) >= 11 is 0. The van der Waals surface area contributed by atoms with E-state index in [1.165, 1.54) is 12.1 Å². The Bertz CT molecular complexity index is 1220. The summed E-state index contributed by atoms with van der Waals surface area (Å²) in [6.45, 7) is 5.19. The molecular weight excluding hydrogens is 433 g/mol. The van der Waals surface area contributed by atoms with Gasteiger partial charge in [0.15, 0.2) is 5.78 Å². The lowest BCUT2D eigenvalue weighted by molar-refractivity contribution is -0.161. The molecule has 0 bridgehead atoms. The summed E-state index contributed by atoms with van der Waals surface area (Å²) in [5, 5.41) is 0. The molecule has 2 aliphatic rings. The second kappa shape index (κ2) is 8.80. The zero-order chi connectivity index (χ0) is 23.9. The maximum Gasteiger partial charge on any atom is 0.272 e. The van der Waals surface area contributed by atoms with Crippen LogP contribution in [0.4, 0.5) is 4.39 Å². The molecule has 0 aliphatic carbocycles. The zero-order valence-corrected chi connectivity index (χ0v) is 19.4. The zero-order valence-electron chi connectivity index (χ0n) is 19.4. The number of carbonyl (C=O) groups is 2. The average Bonchev–Trinajstić information content (AvgIpc) is 3.33. The van der Waals surface area contributed by atoms with Crippen molar-refractivity contribution in [1.29, 1.82) is 0 Å². The van der Waals surface area contributed by atoms with E-state index in [1.54, 1.807) is 24.7 Å². The van der Waals surface area contributed by atoms with Gasteiger partial charge >= 0.3 is 0 Å². The topological polar surface area (TPSA) is 64.4 Å². The monoisotopic (exact) mass is 461 g/mol. The molecule has 3 heterocycles. The molecule has 5 rings (SSSR count). The number of nitrogens with zero attached hydrogens (tertiary/aromatic N) is 3. The molecule has 0 radical (unpaired) electrons. The molecule has 2 unspecified atom stereocenters. The number of halogens is 1. The van der Waals surface area contributed by atoms with E-state index in [0.29, 0.717) is 25.2 Å². The molecule has 1 amide bonds. The van der Waals surface area contributed by atoms with Gasteiger partial charge in [0.05, 0.1) is 30.7 Å². The van der Waals surface area contributed by atoms with Crippen LogP contribution in [0.3, 0.4) is 0 Å². The predicted octanol–water partition coefficient (Wildman–Crippen LogP) is 4.51. The van der Waals surface area contributed by atoms with Crippen molar-refractivity contribution in [2.75, 3.05) is 19.7 Å². The second-order valence-electron chi connectivity index (χ2n) is 9.51. The number of rotatable bonds is 4. The molecule has 176 valence electrons. The first-order chi connectivity index (χ1) is 16.4. The molecule has 2 fully saturated rings. The van der Waals surface area contributed by atoms with Crippen molar-refractivity contribution < 1.29 is 18.7 Å². The fourth-order valence-electron chi connectivity index (χ4n) is 5.28. The lowest BCUT2D eigenvalue weighted by atomic mass is 9.77. The first kappa shape index (κ1) is 22.5. The van der Waals surface area contributed by atoms with Crippen molar-refractivity contribution in [3.05, 3.63) is 78.1 Å². The normalized spacial score (nSPS) is 23.4. The summed E-state index contributed by atoms with van der Waals surface area (Å²) < 4.78 is 21.3.